The zero-order chi connectivity index (χ0) is 13.3. The van der Waals surface area contributed by atoms with Crippen molar-refractivity contribution in [2.45, 2.75) is 32.2 Å². The van der Waals surface area contributed by atoms with Gasteiger partial charge in [0.1, 0.15) is 5.75 Å². The van der Waals surface area contributed by atoms with Crippen molar-refractivity contribution >= 4 is 21.7 Å². The zero-order valence-electron chi connectivity index (χ0n) is 9.89. The summed E-state index contributed by atoms with van der Waals surface area (Å²) in [5.74, 6) is -2.19. The lowest BCUT2D eigenvalue weighted by atomic mass is 9.85. The first kappa shape index (κ1) is 14.0. The van der Waals surface area contributed by atoms with Crippen LogP contribution in [0, 0.1) is 5.41 Å². The molecule has 2 N–H and O–H groups in total. The maximum Gasteiger partial charge on any atom is 0.311 e. The van der Waals surface area contributed by atoms with Crippen molar-refractivity contribution in [3.63, 3.8) is 0 Å². The molecule has 0 radical (unpaired) electrons. The summed E-state index contributed by atoms with van der Waals surface area (Å²) in [4.78, 5) is 22.6. The van der Waals surface area contributed by atoms with Gasteiger partial charge in [0.05, 0.1) is 5.41 Å². The van der Waals surface area contributed by atoms with Gasteiger partial charge in [0.2, 0.25) is 5.91 Å². The molecule has 1 amide bonds. The minimum Gasteiger partial charge on any atom is -0.481 e. The van der Waals surface area contributed by atoms with E-state index in [1.165, 1.54) is 0 Å². The van der Waals surface area contributed by atoms with E-state index in [-0.39, 0.29) is 0 Å². The van der Waals surface area contributed by atoms with E-state index < -0.39 is 38.9 Å². The van der Waals surface area contributed by atoms with Gasteiger partial charge in [0.25, 0.3) is 0 Å². The van der Waals surface area contributed by atoms with Crippen LogP contribution >= 0.6 is 0 Å². The molecule has 0 heterocycles. The van der Waals surface area contributed by atoms with Gasteiger partial charge in [-0.2, -0.15) is 0 Å². The first-order valence-electron chi connectivity index (χ1n) is 5.35. The maximum atomic E-state index is 11.4. The average molecular weight is 263 g/mol. The summed E-state index contributed by atoms with van der Waals surface area (Å²) in [6, 6.07) is -0.491. The van der Waals surface area contributed by atoms with Crippen LogP contribution < -0.4 is 5.32 Å². The van der Waals surface area contributed by atoms with Crippen molar-refractivity contribution in [1.29, 1.82) is 0 Å². The minimum atomic E-state index is -3.38. The van der Waals surface area contributed by atoms with Crippen LogP contribution in [0.4, 0.5) is 0 Å². The number of sulfone groups is 1. The highest BCUT2D eigenvalue weighted by molar-refractivity contribution is 7.91. The van der Waals surface area contributed by atoms with Crippen LogP contribution in [-0.4, -0.2) is 43.5 Å². The fourth-order valence-electron chi connectivity index (χ4n) is 2.13. The number of carbonyl (C=O) groups is 2. The molecule has 0 spiro atoms. The fourth-order valence-corrected chi connectivity index (χ4v) is 2.69. The largest absolute Gasteiger partial charge is 0.481 e. The average Bonchev–Trinajstić information content (AvgIpc) is 2.45. The molecule has 2 atom stereocenters. The highest BCUT2D eigenvalue weighted by Crippen LogP contribution is 2.38. The number of nitrogens with one attached hydrogen (secondary N) is 1. The summed E-state index contributed by atoms with van der Waals surface area (Å²) in [7, 11) is -3.38. The predicted molar refractivity (Wildman–Crippen MR) is 61.2 cm³/mol. The summed E-state index contributed by atoms with van der Waals surface area (Å²) >= 11 is 0. The van der Waals surface area contributed by atoms with Gasteiger partial charge in [-0.05, 0) is 19.8 Å². The monoisotopic (exact) mass is 263 g/mol. The zero-order valence-corrected chi connectivity index (χ0v) is 10.7. The van der Waals surface area contributed by atoms with Crippen molar-refractivity contribution in [2.75, 3.05) is 12.0 Å². The molecule has 7 heteroatoms. The number of hydrogen-bond donors (Lipinski definition) is 2. The van der Waals surface area contributed by atoms with Gasteiger partial charge in [-0.25, -0.2) is 8.42 Å². The molecule has 1 aliphatic rings. The lowest BCUT2D eigenvalue weighted by molar-refractivity contribution is -0.149. The lowest BCUT2D eigenvalue weighted by Gasteiger charge is -2.27. The molecule has 0 aromatic heterocycles. The van der Waals surface area contributed by atoms with Crippen molar-refractivity contribution in [1.82, 2.24) is 5.32 Å². The normalized spacial score (nSPS) is 28.9. The smallest absolute Gasteiger partial charge is 0.311 e. The Kier molecular flexibility index (Phi) is 3.81. The first-order valence-corrected chi connectivity index (χ1v) is 7.42. The van der Waals surface area contributed by atoms with Gasteiger partial charge >= 0.3 is 5.97 Å². The number of hydrogen-bond acceptors (Lipinski definition) is 4. The number of aliphatic carboxylic acids is 1. The van der Waals surface area contributed by atoms with Crippen LogP contribution in [0.25, 0.3) is 0 Å². The van der Waals surface area contributed by atoms with Gasteiger partial charge in [-0.3, -0.25) is 9.59 Å². The second-order valence-electron chi connectivity index (χ2n) is 4.81. The van der Waals surface area contributed by atoms with E-state index in [1.807, 2.05) is 0 Å². The highest BCUT2D eigenvalue weighted by Gasteiger charge is 2.45. The summed E-state index contributed by atoms with van der Waals surface area (Å²) in [6.45, 7) is 1.58. The third-order valence-corrected chi connectivity index (χ3v) is 3.96. The Morgan fingerprint density at radius 1 is 1.47 bits per heavy atom. The Balaban J connectivity index is 2.69. The second kappa shape index (κ2) is 4.64. The molecule has 1 aliphatic carbocycles. The molecule has 1 fully saturated rings. The second-order valence-corrected chi connectivity index (χ2v) is 6.95. The van der Waals surface area contributed by atoms with E-state index in [1.54, 1.807) is 6.92 Å². The van der Waals surface area contributed by atoms with E-state index in [0.29, 0.717) is 19.3 Å². The van der Waals surface area contributed by atoms with Crippen molar-refractivity contribution < 1.29 is 23.1 Å². The SMILES string of the molecule is CC1(C(=O)O)CCCC1NC(=O)CS(C)(=O)=O. The van der Waals surface area contributed by atoms with Crippen molar-refractivity contribution in [2.24, 2.45) is 5.41 Å². The molecule has 0 aromatic rings. The first-order chi connectivity index (χ1) is 7.65. The number of carboxylic acids is 1. The summed E-state index contributed by atoms with van der Waals surface area (Å²) in [6.07, 6.45) is 2.74. The number of rotatable bonds is 4. The number of carboxylic acid groups (broad SMARTS) is 1. The van der Waals surface area contributed by atoms with Crippen LogP contribution in [-0.2, 0) is 19.4 Å². The summed E-state index contributed by atoms with van der Waals surface area (Å²) < 4.78 is 21.9. The van der Waals surface area contributed by atoms with Crippen LogP contribution in [0.5, 0.6) is 0 Å². The minimum absolute atomic E-state index is 0.491. The lowest BCUT2D eigenvalue weighted by Crippen LogP contribution is -2.48. The Bertz CT molecular complexity index is 430. The molecule has 1 rings (SSSR count). The summed E-state index contributed by atoms with van der Waals surface area (Å²) in [5, 5.41) is 11.6. The van der Waals surface area contributed by atoms with E-state index in [2.05, 4.69) is 5.32 Å². The van der Waals surface area contributed by atoms with Crippen LogP contribution in [0.15, 0.2) is 0 Å². The molecule has 2 unspecified atom stereocenters. The molecular weight excluding hydrogens is 246 g/mol. The fraction of sp³-hybridized carbons (Fsp3) is 0.800. The topological polar surface area (TPSA) is 101 Å². The van der Waals surface area contributed by atoms with Gasteiger partial charge in [0, 0.05) is 12.3 Å². The Hall–Kier alpha value is -1.11. The van der Waals surface area contributed by atoms with Crippen LogP contribution in [0.3, 0.4) is 0 Å². The van der Waals surface area contributed by atoms with Crippen LogP contribution in [0.1, 0.15) is 26.2 Å². The summed E-state index contributed by atoms with van der Waals surface area (Å²) in [5.41, 5.74) is -0.993. The molecule has 17 heavy (non-hydrogen) atoms. The van der Waals surface area contributed by atoms with E-state index in [4.69, 9.17) is 5.11 Å². The molecular formula is C10H17NO5S. The Labute approximate surface area is 100 Å². The molecule has 0 saturated heterocycles. The molecule has 0 aromatic carbocycles. The molecule has 0 bridgehead atoms. The van der Waals surface area contributed by atoms with Gasteiger partial charge in [-0.15, -0.1) is 0 Å². The molecule has 0 aliphatic heterocycles. The third-order valence-electron chi connectivity index (χ3n) is 3.18. The maximum absolute atomic E-state index is 11.4. The van der Waals surface area contributed by atoms with Gasteiger partial charge in [0.15, 0.2) is 9.84 Å². The number of carbonyl (C=O) groups excluding carboxylic acids is 1. The van der Waals surface area contributed by atoms with E-state index >= 15 is 0 Å². The number of amides is 1. The van der Waals surface area contributed by atoms with E-state index in [9.17, 15) is 18.0 Å². The molecule has 98 valence electrons. The van der Waals surface area contributed by atoms with Crippen molar-refractivity contribution in [3.05, 3.63) is 0 Å². The third kappa shape index (κ3) is 3.42. The van der Waals surface area contributed by atoms with Crippen molar-refractivity contribution in [3.8, 4) is 0 Å². The molecule has 1 saturated carbocycles. The Morgan fingerprint density at radius 2 is 2.06 bits per heavy atom. The Morgan fingerprint density at radius 3 is 2.53 bits per heavy atom. The standard InChI is InChI=1S/C10H17NO5S/c1-10(9(13)14)5-3-4-7(10)11-8(12)6-17(2,15)16/h7H,3-6H2,1-2H3,(H,11,12)(H,13,14). The van der Waals surface area contributed by atoms with Gasteiger partial charge in [-0.1, -0.05) is 6.42 Å². The highest BCUT2D eigenvalue weighted by atomic mass is 32.2. The quantitative estimate of drug-likeness (QED) is 0.731. The molecule has 6 nitrogen and oxygen atoms in total. The van der Waals surface area contributed by atoms with Gasteiger partial charge < -0.3 is 10.4 Å². The van der Waals surface area contributed by atoms with Crippen LogP contribution in [0.2, 0.25) is 0 Å². The van der Waals surface area contributed by atoms with E-state index in [0.717, 1.165) is 6.26 Å². The predicted octanol–water partition coefficient (Wildman–Crippen LogP) is -0.209.